The minimum atomic E-state index is -0.408. The first kappa shape index (κ1) is 10.6. The van der Waals surface area contributed by atoms with Crippen molar-refractivity contribution in [2.75, 3.05) is 6.54 Å². The first-order chi connectivity index (χ1) is 7.18. The smallest absolute Gasteiger partial charge is 0.252 e. The van der Waals surface area contributed by atoms with Crippen molar-refractivity contribution < 1.29 is 9.18 Å². The molecule has 0 bridgehead atoms. The molecule has 1 aliphatic carbocycles. The predicted octanol–water partition coefficient (Wildman–Crippen LogP) is 2.73. The minimum absolute atomic E-state index is 0.215. The average molecular weight is 272 g/mol. The highest BCUT2D eigenvalue weighted by atomic mass is 79.9. The Morgan fingerprint density at radius 3 is 2.93 bits per heavy atom. The molecule has 2 rings (SSSR count). The Bertz CT molecular complexity index is 390. The molecule has 0 aliphatic heterocycles. The highest BCUT2D eigenvalue weighted by Gasteiger charge is 2.22. The number of carbonyl (C=O) groups is 1. The van der Waals surface area contributed by atoms with E-state index < -0.39 is 5.82 Å². The fourth-order valence-electron chi connectivity index (χ4n) is 1.33. The van der Waals surface area contributed by atoms with Crippen molar-refractivity contribution in [3.63, 3.8) is 0 Å². The number of benzene rings is 1. The van der Waals surface area contributed by atoms with Crippen molar-refractivity contribution in [3.05, 3.63) is 34.1 Å². The van der Waals surface area contributed by atoms with Crippen LogP contribution in [0.25, 0.3) is 0 Å². The van der Waals surface area contributed by atoms with Crippen molar-refractivity contribution >= 4 is 21.8 Å². The van der Waals surface area contributed by atoms with E-state index in [9.17, 15) is 9.18 Å². The molecule has 0 aromatic heterocycles. The second-order valence-corrected chi connectivity index (χ2v) is 4.55. The second kappa shape index (κ2) is 4.31. The van der Waals surface area contributed by atoms with Gasteiger partial charge in [-0.15, -0.1) is 0 Å². The van der Waals surface area contributed by atoms with Crippen molar-refractivity contribution in [2.24, 2.45) is 5.92 Å². The van der Waals surface area contributed by atoms with Gasteiger partial charge >= 0.3 is 0 Å². The molecule has 1 saturated carbocycles. The molecule has 0 radical (unpaired) electrons. The van der Waals surface area contributed by atoms with Crippen LogP contribution in [0.3, 0.4) is 0 Å². The van der Waals surface area contributed by atoms with Gasteiger partial charge in [0.15, 0.2) is 0 Å². The van der Waals surface area contributed by atoms with Crippen molar-refractivity contribution in [1.82, 2.24) is 5.32 Å². The van der Waals surface area contributed by atoms with E-state index in [0.717, 1.165) is 0 Å². The molecular weight excluding hydrogens is 261 g/mol. The van der Waals surface area contributed by atoms with E-state index in [2.05, 4.69) is 21.2 Å². The summed E-state index contributed by atoms with van der Waals surface area (Å²) in [5.74, 6) is 0.00336. The Hall–Kier alpha value is -0.900. The molecule has 1 aromatic carbocycles. The largest absolute Gasteiger partial charge is 0.352 e. The molecule has 1 aromatic rings. The molecule has 80 valence electrons. The van der Waals surface area contributed by atoms with E-state index in [1.165, 1.54) is 25.0 Å². The first-order valence-corrected chi connectivity index (χ1v) is 5.70. The maximum absolute atomic E-state index is 13.1. The third-order valence-corrected chi connectivity index (χ3v) is 3.25. The van der Waals surface area contributed by atoms with Crippen LogP contribution >= 0.6 is 15.9 Å². The van der Waals surface area contributed by atoms with E-state index in [-0.39, 0.29) is 10.4 Å². The number of rotatable bonds is 3. The molecule has 2 nitrogen and oxygen atoms in total. The van der Waals surface area contributed by atoms with Gasteiger partial charge in [0.05, 0.1) is 10.0 Å². The molecule has 0 saturated heterocycles. The summed E-state index contributed by atoms with van der Waals surface area (Å²) in [6.07, 6.45) is 2.37. The van der Waals surface area contributed by atoms with Crippen LogP contribution in [0.15, 0.2) is 22.7 Å². The van der Waals surface area contributed by atoms with E-state index in [1.807, 2.05) is 0 Å². The Morgan fingerprint density at radius 1 is 1.53 bits per heavy atom. The van der Waals surface area contributed by atoms with Crippen LogP contribution in [0.2, 0.25) is 0 Å². The number of hydrogen-bond acceptors (Lipinski definition) is 1. The molecule has 0 spiro atoms. The molecule has 4 heteroatoms. The van der Waals surface area contributed by atoms with Crippen LogP contribution in [0.5, 0.6) is 0 Å². The predicted molar refractivity (Wildman–Crippen MR) is 59.2 cm³/mol. The maximum atomic E-state index is 13.1. The summed E-state index contributed by atoms with van der Waals surface area (Å²) in [5.41, 5.74) is 0.357. The zero-order chi connectivity index (χ0) is 10.8. The summed E-state index contributed by atoms with van der Waals surface area (Å²) in [6.45, 7) is 0.696. The van der Waals surface area contributed by atoms with Gasteiger partial charge in [0, 0.05) is 6.54 Å². The average Bonchev–Trinajstić information content (AvgIpc) is 3.02. The van der Waals surface area contributed by atoms with Crippen molar-refractivity contribution in [2.45, 2.75) is 12.8 Å². The van der Waals surface area contributed by atoms with Gasteiger partial charge in [-0.25, -0.2) is 4.39 Å². The van der Waals surface area contributed by atoms with Gasteiger partial charge in [-0.05, 0) is 46.8 Å². The summed E-state index contributed by atoms with van der Waals surface area (Å²) in [7, 11) is 0. The summed E-state index contributed by atoms with van der Waals surface area (Å²) >= 11 is 3.07. The summed E-state index contributed by atoms with van der Waals surface area (Å²) in [6, 6.07) is 4.46. The zero-order valence-corrected chi connectivity index (χ0v) is 9.68. The topological polar surface area (TPSA) is 29.1 Å². The molecule has 15 heavy (non-hydrogen) atoms. The summed E-state index contributed by atoms with van der Waals surface area (Å²) < 4.78 is 13.4. The molecule has 1 fully saturated rings. The molecule has 1 amide bonds. The zero-order valence-electron chi connectivity index (χ0n) is 8.09. The third kappa shape index (κ3) is 2.56. The lowest BCUT2D eigenvalue weighted by molar-refractivity contribution is 0.0950. The van der Waals surface area contributed by atoms with Crippen LogP contribution in [-0.4, -0.2) is 12.5 Å². The van der Waals surface area contributed by atoms with Gasteiger partial charge in [-0.3, -0.25) is 4.79 Å². The van der Waals surface area contributed by atoms with Gasteiger partial charge in [-0.1, -0.05) is 6.07 Å². The van der Waals surface area contributed by atoms with Gasteiger partial charge in [0.25, 0.3) is 5.91 Å². The van der Waals surface area contributed by atoms with Crippen molar-refractivity contribution in [3.8, 4) is 0 Å². The number of nitrogens with one attached hydrogen (secondary N) is 1. The van der Waals surface area contributed by atoms with E-state index in [1.54, 1.807) is 6.07 Å². The van der Waals surface area contributed by atoms with E-state index in [4.69, 9.17) is 0 Å². The Kier molecular flexibility index (Phi) is 3.05. The minimum Gasteiger partial charge on any atom is -0.352 e. The van der Waals surface area contributed by atoms with E-state index in [0.29, 0.717) is 18.0 Å². The third-order valence-electron chi connectivity index (χ3n) is 2.44. The molecule has 0 unspecified atom stereocenters. The van der Waals surface area contributed by atoms with Gasteiger partial charge in [0.1, 0.15) is 5.82 Å². The highest BCUT2D eigenvalue weighted by Crippen LogP contribution is 2.28. The van der Waals surface area contributed by atoms with Crippen LogP contribution < -0.4 is 5.32 Å². The number of halogens is 2. The molecule has 0 heterocycles. The SMILES string of the molecule is O=C(NCC1CC1)c1cccc(F)c1Br. The summed E-state index contributed by atoms with van der Waals surface area (Å²) in [5, 5.41) is 2.79. The summed E-state index contributed by atoms with van der Waals surface area (Å²) in [4.78, 5) is 11.6. The Labute approximate surface area is 96.0 Å². The normalized spacial score (nSPS) is 15.1. The van der Waals surface area contributed by atoms with Gasteiger partial charge in [0.2, 0.25) is 0 Å². The number of carbonyl (C=O) groups excluding carboxylic acids is 1. The molecule has 1 N–H and O–H groups in total. The monoisotopic (exact) mass is 271 g/mol. The number of amides is 1. The maximum Gasteiger partial charge on any atom is 0.252 e. The highest BCUT2D eigenvalue weighted by molar-refractivity contribution is 9.10. The lowest BCUT2D eigenvalue weighted by Gasteiger charge is -2.06. The van der Waals surface area contributed by atoms with Crippen LogP contribution in [0.4, 0.5) is 4.39 Å². The Morgan fingerprint density at radius 2 is 2.27 bits per heavy atom. The fourth-order valence-corrected chi connectivity index (χ4v) is 1.78. The lowest BCUT2D eigenvalue weighted by atomic mass is 10.2. The number of hydrogen-bond donors (Lipinski definition) is 1. The molecule has 0 atom stereocenters. The van der Waals surface area contributed by atoms with Gasteiger partial charge < -0.3 is 5.32 Å². The standard InChI is InChI=1S/C11H11BrFNO/c12-10-8(2-1-3-9(10)13)11(15)14-6-7-4-5-7/h1-3,7H,4-6H2,(H,14,15). The quantitative estimate of drug-likeness (QED) is 0.900. The van der Waals surface area contributed by atoms with Crippen LogP contribution in [0.1, 0.15) is 23.2 Å². The van der Waals surface area contributed by atoms with Gasteiger partial charge in [-0.2, -0.15) is 0 Å². The Balaban J connectivity index is 2.06. The lowest BCUT2D eigenvalue weighted by Crippen LogP contribution is -2.26. The molecule has 1 aliphatic rings. The van der Waals surface area contributed by atoms with Crippen LogP contribution in [0, 0.1) is 11.7 Å². The first-order valence-electron chi connectivity index (χ1n) is 4.90. The van der Waals surface area contributed by atoms with E-state index >= 15 is 0 Å². The molecular formula is C11H11BrFNO. The second-order valence-electron chi connectivity index (χ2n) is 3.75. The fraction of sp³-hybridized carbons (Fsp3) is 0.364. The van der Waals surface area contributed by atoms with Crippen molar-refractivity contribution in [1.29, 1.82) is 0 Å². The van der Waals surface area contributed by atoms with Crippen LogP contribution in [-0.2, 0) is 0 Å².